The second-order valence-electron chi connectivity index (χ2n) is 5.38. The summed E-state index contributed by atoms with van der Waals surface area (Å²) in [6.45, 7) is 4.17. The number of thioether (sulfide) groups is 1. The molecule has 0 spiro atoms. The lowest BCUT2D eigenvalue weighted by atomic mass is 10.0. The van der Waals surface area contributed by atoms with E-state index in [0.29, 0.717) is 0 Å². The van der Waals surface area contributed by atoms with Crippen molar-refractivity contribution in [1.29, 1.82) is 0 Å². The number of rotatable bonds is 4. The molecule has 7 heteroatoms. The fourth-order valence-electron chi connectivity index (χ4n) is 2.59. The van der Waals surface area contributed by atoms with Gasteiger partial charge in [-0.05, 0) is 36.9 Å². The molecule has 120 valence electrons. The van der Waals surface area contributed by atoms with Crippen molar-refractivity contribution in [3.8, 4) is 0 Å². The van der Waals surface area contributed by atoms with E-state index in [0.717, 1.165) is 11.1 Å². The average Bonchev–Trinajstić information content (AvgIpc) is 3.01. The van der Waals surface area contributed by atoms with Crippen LogP contribution in [0.2, 0.25) is 0 Å². The van der Waals surface area contributed by atoms with E-state index in [2.05, 4.69) is 59.5 Å². The van der Waals surface area contributed by atoms with Crippen LogP contribution in [0.15, 0.2) is 35.4 Å². The van der Waals surface area contributed by atoms with Crippen LogP contribution < -0.4 is 16.2 Å². The van der Waals surface area contributed by atoms with Gasteiger partial charge >= 0.3 is 5.97 Å². The summed E-state index contributed by atoms with van der Waals surface area (Å²) in [6, 6.07) is 10.6. The maximum atomic E-state index is 11.3. The molecule has 6 nitrogen and oxygen atoms in total. The predicted molar refractivity (Wildman–Crippen MR) is 94.1 cm³/mol. The molecule has 3 N–H and O–H groups in total. The quantitative estimate of drug-likeness (QED) is 0.837. The molecule has 3 rings (SSSR count). The lowest BCUT2D eigenvalue weighted by molar-refractivity contribution is -0.140. The zero-order valence-corrected chi connectivity index (χ0v) is 13.8. The summed E-state index contributed by atoms with van der Waals surface area (Å²) in [5.41, 5.74) is 6.28. The van der Waals surface area contributed by atoms with Crippen molar-refractivity contribution < 1.29 is 9.63 Å². The van der Waals surface area contributed by atoms with Crippen molar-refractivity contribution >= 4 is 40.5 Å². The Labute approximate surface area is 138 Å². The predicted octanol–water partition coefficient (Wildman–Crippen LogP) is 2.24. The minimum absolute atomic E-state index is 0.150. The number of carbonyl (C=O) groups excluding carboxylic acids is 1. The number of hydrogen-bond acceptors (Lipinski definition) is 7. The number of hydrogen-bond donors (Lipinski definition) is 2. The zero-order valence-electron chi connectivity index (χ0n) is 12.9. The van der Waals surface area contributed by atoms with Crippen LogP contribution in [0, 0.1) is 13.8 Å². The van der Waals surface area contributed by atoms with E-state index >= 15 is 0 Å². The van der Waals surface area contributed by atoms with Gasteiger partial charge in [0.05, 0.1) is 11.4 Å². The van der Waals surface area contributed by atoms with Crippen molar-refractivity contribution in [2.24, 2.45) is 11.0 Å². The molecule has 0 fully saturated rings. The summed E-state index contributed by atoms with van der Waals surface area (Å²) in [7, 11) is 0. The first kappa shape index (κ1) is 15.6. The Balaban J connectivity index is 1.95. The van der Waals surface area contributed by atoms with Gasteiger partial charge in [0.2, 0.25) is 0 Å². The molecule has 1 atom stereocenters. The number of fused-ring (bicyclic) bond motifs is 1. The van der Waals surface area contributed by atoms with Crippen molar-refractivity contribution in [3.05, 3.63) is 41.5 Å². The lowest BCUT2D eigenvalue weighted by Crippen LogP contribution is -2.35. The highest BCUT2D eigenvalue weighted by Gasteiger charge is 2.24. The van der Waals surface area contributed by atoms with Gasteiger partial charge in [-0.1, -0.05) is 23.8 Å². The highest BCUT2D eigenvalue weighted by molar-refractivity contribution is 8.00. The number of nitrogens with two attached hydrogens (primary N) is 1. The normalized spacial score (nSPS) is 16.7. The summed E-state index contributed by atoms with van der Waals surface area (Å²) < 4.78 is 0. The number of aryl methyl sites for hydroxylation is 2. The maximum Gasteiger partial charge on any atom is 0.334 e. The molecule has 0 saturated carbocycles. The highest BCUT2D eigenvalue weighted by Crippen LogP contribution is 2.33. The number of benzene rings is 2. The Kier molecular flexibility index (Phi) is 4.40. The fourth-order valence-corrected chi connectivity index (χ4v) is 3.42. The highest BCUT2D eigenvalue weighted by atomic mass is 32.2. The van der Waals surface area contributed by atoms with Crippen LogP contribution in [-0.2, 0) is 9.63 Å². The van der Waals surface area contributed by atoms with Gasteiger partial charge in [0.15, 0.2) is 5.50 Å². The van der Waals surface area contributed by atoms with E-state index in [1.807, 2.05) is 4.90 Å². The molecule has 1 aliphatic heterocycles. The van der Waals surface area contributed by atoms with Crippen LogP contribution in [0.3, 0.4) is 0 Å². The van der Waals surface area contributed by atoms with Crippen LogP contribution in [0.25, 0.3) is 10.8 Å². The standard InChI is InChI=1S/C16H18N4O2S/c1-10-3-5-12-11(2)4-6-14(13(12)7-10)20-9-18-19-16(20)23-8-15(21)22-17/h3-7,9,16,19H,8,17H2,1-2H3. The van der Waals surface area contributed by atoms with Gasteiger partial charge in [0.25, 0.3) is 0 Å². The van der Waals surface area contributed by atoms with E-state index in [9.17, 15) is 4.79 Å². The van der Waals surface area contributed by atoms with Gasteiger partial charge < -0.3 is 4.84 Å². The van der Waals surface area contributed by atoms with Gasteiger partial charge in [-0.2, -0.15) is 11.0 Å². The summed E-state index contributed by atoms with van der Waals surface area (Å²) in [6.07, 6.45) is 1.73. The second-order valence-corrected chi connectivity index (χ2v) is 6.45. The van der Waals surface area contributed by atoms with Crippen LogP contribution in [-0.4, -0.2) is 23.6 Å². The molecule has 0 radical (unpaired) electrons. The monoisotopic (exact) mass is 330 g/mol. The summed E-state index contributed by atoms with van der Waals surface area (Å²) in [5, 5.41) is 6.49. The minimum atomic E-state index is -0.465. The van der Waals surface area contributed by atoms with Gasteiger partial charge in [0.1, 0.15) is 6.34 Å². The first-order valence-corrected chi connectivity index (χ1v) is 8.23. The van der Waals surface area contributed by atoms with Crippen molar-refractivity contribution in [1.82, 2.24) is 5.43 Å². The third kappa shape index (κ3) is 3.11. The van der Waals surface area contributed by atoms with E-state index in [-0.39, 0.29) is 11.3 Å². The van der Waals surface area contributed by atoms with Gasteiger partial charge in [-0.3, -0.25) is 10.3 Å². The Morgan fingerprint density at radius 3 is 2.96 bits per heavy atom. The molecule has 0 saturated heterocycles. The first-order chi connectivity index (χ1) is 11.1. The van der Waals surface area contributed by atoms with E-state index < -0.39 is 5.97 Å². The van der Waals surface area contributed by atoms with Crippen LogP contribution in [0.1, 0.15) is 11.1 Å². The molecule has 0 aliphatic carbocycles. The third-order valence-electron chi connectivity index (χ3n) is 3.76. The second kappa shape index (κ2) is 6.47. The minimum Gasteiger partial charge on any atom is -0.373 e. The Hall–Kier alpha value is -2.25. The molecule has 23 heavy (non-hydrogen) atoms. The Bertz CT molecular complexity index is 778. The Morgan fingerprint density at radius 1 is 1.35 bits per heavy atom. The fraction of sp³-hybridized carbons (Fsp3) is 0.250. The number of hydrazone groups is 1. The molecule has 1 heterocycles. The molecular formula is C16H18N4O2S. The topological polar surface area (TPSA) is 80.0 Å². The lowest BCUT2D eigenvalue weighted by Gasteiger charge is -2.25. The van der Waals surface area contributed by atoms with E-state index in [1.165, 1.54) is 28.3 Å². The number of nitrogens with zero attached hydrogens (tertiary/aromatic N) is 2. The van der Waals surface area contributed by atoms with Crippen molar-refractivity contribution in [2.75, 3.05) is 10.7 Å². The van der Waals surface area contributed by atoms with Crippen molar-refractivity contribution in [2.45, 2.75) is 19.3 Å². The number of carbonyl (C=O) groups is 1. The summed E-state index contributed by atoms with van der Waals surface area (Å²) >= 11 is 1.37. The molecule has 0 amide bonds. The molecule has 1 unspecified atom stereocenters. The van der Waals surface area contributed by atoms with E-state index in [4.69, 9.17) is 5.90 Å². The number of anilines is 1. The van der Waals surface area contributed by atoms with Gasteiger partial charge in [-0.25, -0.2) is 4.79 Å². The molecule has 2 aromatic rings. The molecule has 0 bridgehead atoms. The molecule has 2 aromatic carbocycles. The van der Waals surface area contributed by atoms with Crippen LogP contribution in [0.4, 0.5) is 5.69 Å². The van der Waals surface area contributed by atoms with Crippen LogP contribution in [0.5, 0.6) is 0 Å². The van der Waals surface area contributed by atoms with Crippen LogP contribution >= 0.6 is 11.8 Å². The maximum absolute atomic E-state index is 11.3. The first-order valence-electron chi connectivity index (χ1n) is 7.18. The molecule has 0 aromatic heterocycles. The molecular weight excluding hydrogens is 312 g/mol. The summed E-state index contributed by atoms with van der Waals surface area (Å²) in [4.78, 5) is 17.5. The smallest absolute Gasteiger partial charge is 0.334 e. The SMILES string of the molecule is Cc1ccc2c(C)ccc(N3C=NNC3SCC(=O)ON)c2c1. The van der Waals surface area contributed by atoms with E-state index in [1.54, 1.807) is 6.34 Å². The summed E-state index contributed by atoms with van der Waals surface area (Å²) in [5.74, 6) is 4.57. The zero-order chi connectivity index (χ0) is 16.4. The number of nitrogens with one attached hydrogen (secondary N) is 1. The van der Waals surface area contributed by atoms with Gasteiger partial charge in [0, 0.05) is 5.39 Å². The third-order valence-corrected chi connectivity index (χ3v) is 4.81. The van der Waals surface area contributed by atoms with Gasteiger partial charge in [-0.15, -0.1) is 11.8 Å². The largest absolute Gasteiger partial charge is 0.373 e. The average molecular weight is 330 g/mol. The van der Waals surface area contributed by atoms with Crippen molar-refractivity contribution in [3.63, 3.8) is 0 Å². The Morgan fingerprint density at radius 2 is 2.17 bits per heavy atom. The molecule has 1 aliphatic rings.